The molecule has 5 rings (SSSR count). The van der Waals surface area contributed by atoms with E-state index < -0.39 is 0 Å². The summed E-state index contributed by atoms with van der Waals surface area (Å²) in [4.78, 5) is 14.9. The Bertz CT molecular complexity index is 849. The molecule has 2 fully saturated rings. The van der Waals surface area contributed by atoms with Crippen LogP contribution in [0.5, 0.6) is 0 Å². The highest BCUT2D eigenvalue weighted by molar-refractivity contribution is 5.76. The third kappa shape index (κ3) is 3.71. The van der Waals surface area contributed by atoms with Crippen LogP contribution in [0.3, 0.4) is 0 Å². The molecule has 1 aromatic carbocycles. The van der Waals surface area contributed by atoms with Crippen LogP contribution in [0.4, 0.5) is 0 Å². The van der Waals surface area contributed by atoms with Gasteiger partial charge in [0.1, 0.15) is 5.60 Å². The van der Waals surface area contributed by atoms with Gasteiger partial charge in [-0.25, -0.2) is 4.68 Å². The zero-order chi connectivity index (χ0) is 19.7. The van der Waals surface area contributed by atoms with E-state index in [9.17, 15) is 4.79 Å². The molecule has 6 nitrogen and oxygen atoms in total. The minimum absolute atomic E-state index is 0.317. The number of para-hydroxylation sites is 1. The summed E-state index contributed by atoms with van der Waals surface area (Å²) < 4.78 is 8.32. The van der Waals surface area contributed by atoms with Gasteiger partial charge in [-0.15, -0.1) is 0 Å². The van der Waals surface area contributed by atoms with Crippen LogP contribution in [0, 0.1) is 5.92 Å². The molecule has 0 saturated carbocycles. The van der Waals surface area contributed by atoms with Crippen molar-refractivity contribution in [1.82, 2.24) is 20.0 Å². The number of aromatic nitrogens is 2. The van der Waals surface area contributed by atoms with E-state index in [0.29, 0.717) is 18.2 Å². The van der Waals surface area contributed by atoms with Crippen LogP contribution in [0.2, 0.25) is 0 Å². The van der Waals surface area contributed by atoms with Crippen molar-refractivity contribution >= 4 is 5.91 Å². The maximum atomic E-state index is 12.8. The van der Waals surface area contributed by atoms with E-state index in [4.69, 9.17) is 9.84 Å². The van der Waals surface area contributed by atoms with E-state index in [1.54, 1.807) is 0 Å². The third-order valence-electron chi connectivity index (χ3n) is 6.84. The van der Waals surface area contributed by atoms with Crippen LogP contribution in [-0.4, -0.2) is 53.4 Å². The predicted molar refractivity (Wildman–Crippen MR) is 111 cm³/mol. The fourth-order valence-corrected chi connectivity index (χ4v) is 5.07. The number of fused-ring (bicyclic) bond motifs is 2. The van der Waals surface area contributed by atoms with Crippen molar-refractivity contribution in [3.05, 3.63) is 47.8 Å². The summed E-state index contributed by atoms with van der Waals surface area (Å²) in [6.07, 6.45) is 7.67. The molecule has 2 saturated heterocycles. The lowest BCUT2D eigenvalue weighted by molar-refractivity contribution is -0.142. The molecule has 1 aromatic heterocycles. The first-order valence-corrected chi connectivity index (χ1v) is 11.0. The van der Waals surface area contributed by atoms with Gasteiger partial charge in [-0.3, -0.25) is 4.79 Å². The molecule has 29 heavy (non-hydrogen) atoms. The number of rotatable bonds is 3. The van der Waals surface area contributed by atoms with E-state index in [0.717, 1.165) is 76.3 Å². The Balaban J connectivity index is 1.29. The third-order valence-corrected chi connectivity index (χ3v) is 6.84. The molecule has 3 aliphatic rings. The summed E-state index contributed by atoms with van der Waals surface area (Å²) in [6.45, 7) is 4.35. The monoisotopic (exact) mass is 394 g/mol. The van der Waals surface area contributed by atoms with E-state index in [1.165, 1.54) is 5.56 Å². The zero-order valence-electron chi connectivity index (χ0n) is 17.0. The van der Waals surface area contributed by atoms with Crippen molar-refractivity contribution in [2.24, 2.45) is 5.92 Å². The molecule has 0 bridgehead atoms. The van der Waals surface area contributed by atoms with Crippen molar-refractivity contribution in [3.8, 4) is 5.69 Å². The van der Waals surface area contributed by atoms with E-state index in [2.05, 4.69) is 28.5 Å². The molecule has 0 aliphatic carbocycles. The van der Waals surface area contributed by atoms with Crippen molar-refractivity contribution in [2.75, 3.05) is 32.8 Å². The van der Waals surface area contributed by atoms with Crippen molar-refractivity contribution < 1.29 is 9.53 Å². The fraction of sp³-hybridized carbons (Fsp3) is 0.565. The van der Waals surface area contributed by atoms with Gasteiger partial charge in [0.05, 0.1) is 18.0 Å². The van der Waals surface area contributed by atoms with Crippen LogP contribution in [0.1, 0.15) is 43.4 Å². The molecule has 1 N–H and O–H groups in total. The van der Waals surface area contributed by atoms with E-state index >= 15 is 0 Å². The van der Waals surface area contributed by atoms with Crippen molar-refractivity contribution in [3.63, 3.8) is 0 Å². The lowest BCUT2D eigenvalue weighted by Crippen LogP contribution is -2.49. The highest BCUT2D eigenvalue weighted by atomic mass is 16.5. The first kappa shape index (κ1) is 18.8. The summed E-state index contributed by atoms with van der Waals surface area (Å²) in [5.41, 5.74) is 3.11. The number of carbonyl (C=O) groups is 1. The molecule has 1 spiro atoms. The average Bonchev–Trinajstić information content (AvgIpc) is 3.22. The maximum Gasteiger partial charge on any atom is 0.222 e. The SMILES string of the molecule is O=C(CC1CCNCC1)N1CCC2(CC1)OCCc1cn(-c3ccccc3)nc12. The minimum atomic E-state index is -0.334. The number of ether oxygens (including phenoxy) is 1. The number of nitrogens with zero attached hydrogens (tertiary/aromatic N) is 3. The molecular weight excluding hydrogens is 364 g/mol. The number of hydrogen-bond donors (Lipinski definition) is 1. The van der Waals surface area contributed by atoms with Crippen molar-refractivity contribution in [1.29, 1.82) is 0 Å². The Kier molecular flexibility index (Phi) is 5.14. The largest absolute Gasteiger partial charge is 0.368 e. The van der Waals surface area contributed by atoms with Crippen LogP contribution in [-0.2, 0) is 21.6 Å². The molecule has 2 aromatic rings. The van der Waals surface area contributed by atoms with Crippen LogP contribution >= 0.6 is 0 Å². The van der Waals surface area contributed by atoms with Gasteiger partial charge in [0, 0.05) is 25.7 Å². The average molecular weight is 395 g/mol. The second kappa shape index (κ2) is 7.92. The zero-order valence-corrected chi connectivity index (χ0v) is 17.0. The fourth-order valence-electron chi connectivity index (χ4n) is 5.07. The van der Waals surface area contributed by atoms with Crippen LogP contribution in [0.15, 0.2) is 36.5 Å². The van der Waals surface area contributed by atoms with Gasteiger partial charge in [-0.2, -0.15) is 5.10 Å². The summed E-state index contributed by atoms with van der Waals surface area (Å²) in [6, 6.07) is 10.2. The van der Waals surface area contributed by atoms with Crippen molar-refractivity contribution in [2.45, 2.75) is 44.1 Å². The smallest absolute Gasteiger partial charge is 0.222 e. The van der Waals surface area contributed by atoms with Gasteiger partial charge in [0.25, 0.3) is 0 Å². The van der Waals surface area contributed by atoms with E-state index in [1.807, 2.05) is 22.9 Å². The second-order valence-corrected chi connectivity index (χ2v) is 8.65. The lowest BCUT2D eigenvalue weighted by Gasteiger charge is -2.43. The Morgan fingerprint density at radius 1 is 1.17 bits per heavy atom. The highest BCUT2D eigenvalue weighted by Crippen LogP contribution is 2.41. The number of benzene rings is 1. The quantitative estimate of drug-likeness (QED) is 0.870. The first-order chi connectivity index (χ1) is 14.2. The number of carbonyl (C=O) groups excluding carboxylic acids is 1. The van der Waals surface area contributed by atoms with Gasteiger partial charge in [0.15, 0.2) is 0 Å². The normalized spacial score (nSPS) is 21.9. The number of amides is 1. The Labute approximate surface area is 172 Å². The van der Waals surface area contributed by atoms with Gasteiger partial charge in [-0.05, 0) is 68.8 Å². The van der Waals surface area contributed by atoms with Gasteiger partial charge < -0.3 is 15.0 Å². The molecule has 0 atom stereocenters. The topological polar surface area (TPSA) is 59.4 Å². The molecule has 0 radical (unpaired) electrons. The molecule has 154 valence electrons. The Morgan fingerprint density at radius 3 is 2.69 bits per heavy atom. The van der Waals surface area contributed by atoms with Gasteiger partial charge >= 0.3 is 0 Å². The number of nitrogens with one attached hydrogen (secondary N) is 1. The number of piperidine rings is 2. The van der Waals surface area contributed by atoms with Crippen LogP contribution < -0.4 is 5.32 Å². The molecule has 0 unspecified atom stereocenters. The predicted octanol–water partition coefficient (Wildman–Crippen LogP) is 2.65. The maximum absolute atomic E-state index is 12.8. The molecule has 3 aliphatic heterocycles. The standard InChI is InChI=1S/C23H30N4O2/c28-21(16-18-6-11-24-12-7-18)26-13-9-23(10-14-26)22-19(8-15-29-23)17-27(25-22)20-4-2-1-3-5-20/h1-5,17-18,24H,6-16H2. The molecule has 1 amide bonds. The molecular formula is C23H30N4O2. The summed E-state index contributed by atoms with van der Waals surface area (Å²) in [5, 5.41) is 8.32. The molecule has 6 heteroatoms. The number of likely N-dealkylation sites (tertiary alicyclic amines) is 1. The highest BCUT2D eigenvalue weighted by Gasteiger charge is 2.44. The van der Waals surface area contributed by atoms with Crippen LogP contribution in [0.25, 0.3) is 5.69 Å². The molecule has 4 heterocycles. The Morgan fingerprint density at radius 2 is 1.93 bits per heavy atom. The Hall–Kier alpha value is -2.18. The number of hydrogen-bond acceptors (Lipinski definition) is 4. The minimum Gasteiger partial charge on any atom is -0.368 e. The van der Waals surface area contributed by atoms with Gasteiger partial charge in [0.2, 0.25) is 5.91 Å². The second-order valence-electron chi connectivity index (χ2n) is 8.65. The lowest BCUT2D eigenvalue weighted by atomic mass is 9.83. The summed E-state index contributed by atoms with van der Waals surface area (Å²) >= 11 is 0. The van der Waals surface area contributed by atoms with E-state index in [-0.39, 0.29) is 5.60 Å². The summed E-state index contributed by atoms with van der Waals surface area (Å²) in [5.74, 6) is 0.858. The van der Waals surface area contributed by atoms with Gasteiger partial charge in [-0.1, -0.05) is 18.2 Å². The first-order valence-electron chi connectivity index (χ1n) is 11.0. The summed E-state index contributed by atoms with van der Waals surface area (Å²) in [7, 11) is 0.